The van der Waals surface area contributed by atoms with Gasteiger partial charge in [-0.2, -0.15) is 0 Å². The molecule has 2 aromatic carbocycles. The van der Waals surface area contributed by atoms with Crippen LogP contribution in [-0.4, -0.2) is 18.8 Å². The zero-order valence-corrected chi connectivity index (χ0v) is 15.8. The monoisotopic (exact) mass is 413 g/mol. The Morgan fingerprint density at radius 2 is 1.96 bits per heavy atom. The van der Waals surface area contributed by atoms with E-state index in [0.29, 0.717) is 28.3 Å². The molecule has 2 aromatic rings. The Labute approximate surface area is 159 Å². The molecule has 0 aromatic heterocycles. The van der Waals surface area contributed by atoms with Crippen molar-refractivity contribution in [3.05, 3.63) is 69.9 Å². The quantitative estimate of drug-likeness (QED) is 0.744. The van der Waals surface area contributed by atoms with Gasteiger partial charge in [0.25, 0.3) is 5.91 Å². The summed E-state index contributed by atoms with van der Waals surface area (Å²) < 4.78 is 11.7. The largest absolute Gasteiger partial charge is 0.495 e. The van der Waals surface area contributed by atoms with E-state index in [2.05, 4.69) is 21.2 Å². The van der Waals surface area contributed by atoms with Gasteiger partial charge < -0.3 is 14.8 Å². The van der Waals surface area contributed by atoms with Gasteiger partial charge in [0.05, 0.1) is 19.1 Å². The Balaban J connectivity index is 1.93. The molecule has 5 nitrogen and oxygen atoms in total. The third kappa shape index (κ3) is 3.86. The van der Waals surface area contributed by atoms with E-state index < -0.39 is 0 Å². The fraction of sp³-hybridized carbons (Fsp3) is 0.100. The molecule has 1 amide bonds. The van der Waals surface area contributed by atoms with Crippen LogP contribution in [0.2, 0.25) is 0 Å². The van der Waals surface area contributed by atoms with Crippen LogP contribution in [0.4, 0.5) is 5.69 Å². The molecule has 0 aliphatic carbocycles. The lowest BCUT2D eigenvalue weighted by Gasteiger charge is -2.11. The molecule has 26 heavy (non-hydrogen) atoms. The van der Waals surface area contributed by atoms with Gasteiger partial charge in [-0.15, -0.1) is 0 Å². The first kappa shape index (κ1) is 17.9. The van der Waals surface area contributed by atoms with Gasteiger partial charge in [0, 0.05) is 21.2 Å². The smallest absolute Gasteiger partial charge is 0.255 e. The highest BCUT2D eigenvalue weighted by atomic mass is 79.9. The van der Waals surface area contributed by atoms with Gasteiger partial charge in [-0.25, -0.2) is 0 Å². The number of hydrogen-bond acceptors (Lipinski definition) is 4. The second-order valence-electron chi connectivity index (χ2n) is 5.63. The van der Waals surface area contributed by atoms with Crippen LogP contribution >= 0.6 is 15.9 Å². The molecule has 1 N–H and O–H groups in total. The molecule has 6 heteroatoms. The number of carbonyl (C=O) groups is 2. The van der Waals surface area contributed by atoms with E-state index in [0.717, 1.165) is 10.0 Å². The summed E-state index contributed by atoms with van der Waals surface area (Å²) in [6.45, 7) is 1.47. The number of ether oxygens (including phenoxy) is 2. The molecule has 0 atom stereocenters. The van der Waals surface area contributed by atoms with Crippen LogP contribution in [0.15, 0.2) is 58.8 Å². The first-order valence-electron chi connectivity index (χ1n) is 7.82. The van der Waals surface area contributed by atoms with E-state index in [1.807, 2.05) is 18.2 Å². The summed E-state index contributed by atoms with van der Waals surface area (Å²) in [5.41, 5.74) is 2.11. The molecule has 3 rings (SSSR count). The van der Waals surface area contributed by atoms with Gasteiger partial charge >= 0.3 is 0 Å². The molecule has 1 aliphatic rings. The minimum absolute atomic E-state index is 0.0936. The molecule has 0 bridgehead atoms. The zero-order chi connectivity index (χ0) is 18.7. The van der Waals surface area contributed by atoms with Crippen molar-refractivity contribution in [1.82, 2.24) is 0 Å². The molecule has 132 valence electrons. The predicted octanol–water partition coefficient (Wildman–Crippen LogP) is 4.59. The summed E-state index contributed by atoms with van der Waals surface area (Å²) in [7, 11) is 1.50. The van der Waals surface area contributed by atoms with Gasteiger partial charge in [0.1, 0.15) is 11.5 Å². The number of halogens is 1. The molecule has 0 saturated carbocycles. The van der Waals surface area contributed by atoms with Crippen molar-refractivity contribution in [1.29, 1.82) is 0 Å². The van der Waals surface area contributed by atoms with Crippen molar-refractivity contribution in [3.8, 4) is 11.5 Å². The number of amides is 1. The summed E-state index contributed by atoms with van der Waals surface area (Å²) in [6, 6.07) is 10.5. The Kier molecular flexibility index (Phi) is 5.23. The van der Waals surface area contributed by atoms with Crippen LogP contribution in [-0.2, 0) is 4.79 Å². The fourth-order valence-electron chi connectivity index (χ4n) is 2.50. The maximum atomic E-state index is 12.7. The number of anilines is 1. The fourth-order valence-corrected chi connectivity index (χ4v) is 2.87. The number of hydrogen-bond donors (Lipinski definition) is 1. The average molecular weight is 414 g/mol. The number of Topliss-reactive ketones (excluding diaryl/α,β-unsaturated/α-hetero) is 1. The number of fused-ring (bicyclic) bond motifs is 1. The van der Waals surface area contributed by atoms with Crippen molar-refractivity contribution in [3.63, 3.8) is 0 Å². The van der Waals surface area contributed by atoms with E-state index in [1.165, 1.54) is 20.3 Å². The summed E-state index contributed by atoms with van der Waals surface area (Å²) >= 11 is 3.41. The van der Waals surface area contributed by atoms with Gasteiger partial charge in [-0.3, -0.25) is 9.59 Å². The normalized spacial score (nSPS) is 12.3. The maximum Gasteiger partial charge on any atom is 0.255 e. The van der Waals surface area contributed by atoms with E-state index >= 15 is 0 Å². The molecule has 1 heterocycles. The van der Waals surface area contributed by atoms with Gasteiger partial charge in [0.15, 0.2) is 5.78 Å². The predicted molar refractivity (Wildman–Crippen MR) is 104 cm³/mol. The summed E-state index contributed by atoms with van der Waals surface area (Å²) in [5, 5.41) is 2.80. The van der Waals surface area contributed by atoms with E-state index in [4.69, 9.17) is 9.47 Å². The SMILES string of the molecule is COc1ccc(C(C)=O)cc1NC(=O)C1=Cc2cc(Br)ccc2OC=C1. The molecule has 0 unspecified atom stereocenters. The third-order valence-electron chi connectivity index (χ3n) is 3.84. The minimum atomic E-state index is -0.336. The van der Waals surface area contributed by atoms with Crippen molar-refractivity contribution in [2.45, 2.75) is 6.92 Å². The first-order chi connectivity index (χ1) is 12.5. The number of benzene rings is 2. The molecular formula is C20H16BrNO4. The van der Waals surface area contributed by atoms with Crippen LogP contribution in [0, 0.1) is 0 Å². The van der Waals surface area contributed by atoms with Crippen LogP contribution < -0.4 is 14.8 Å². The molecule has 0 spiro atoms. The first-order valence-corrected chi connectivity index (χ1v) is 8.62. The van der Waals surface area contributed by atoms with Gasteiger partial charge in [0.2, 0.25) is 0 Å². The van der Waals surface area contributed by atoms with Crippen molar-refractivity contribution in [2.75, 3.05) is 12.4 Å². The number of nitrogens with one attached hydrogen (secondary N) is 1. The zero-order valence-electron chi connectivity index (χ0n) is 14.2. The molecule has 0 radical (unpaired) electrons. The lowest BCUT2D eigenvalue weighted by molar-refractivity contribution is -0.112. The second-order valence-corrected chi connectivity index (χ2v) is 6.54. The van der Waals surface area contributed by atoms with Crippen molar-refractivity contribution in [2.24, 2.45) is 0 Å². The standard InChI is InChI=1S/C20H16BrNO4/c1-12(23)13-3-5-19(25-2)17(11-13)22-20(24)14-7-8-26-18-6-4-16(21)10-15(18)9-14/h3-11H,1-2H3,(H,22,24). The summed E-state index contributed by atoms with van der Waals surface area (Å²) in [4.78, 5) is 24.3. The Morgan fingerprint density at radius 1 is 1.15 bits per heavy atom. The van der Waals surface area contributed by atoms with Crippen LogP contribution in [0.25, 0.3) is 6.08 Å². The Hall–Kier alpha value is -2.86. The lowest BCUT2D eigenvalue weighted by atomic mass is 10.1. The highest BCUT2D eigenvalue weighted by Gasteiger charge is 2.15. The number of rotatable bonds is 4. The maximum absolute atomic E-state index is 12.7. The Bertz CT molecular complexity index is 947. The van der Waals surface area contributed by atoms with Gasteiger partial charge in [-0.1, -0.05) is 15.9 Å². The second kappa shape index (κ2) is 7.58. The lowest BCUT2D eigenvalue weighted by Crippen LogP contribution is -2.14. The summed E-state index contributed by atoms with van der Waals surface area (Å²) in [6.07, 6.45) is 4.79. The Morgan fingerprint density at radius 3 is 2.69 bits per heavy atom. The summed E-state index contributed by atoms with van der Waals surface area (Å²) in [5.74, 6) is 0.699. The minimum Gasteiger partial charge on any atom is -0.495 e. The van der Waals surface area contributed by atoms with Crippen molar-refractivity contribution >= 4 is 39.4 Å². The molecular weight excluding hydrogens is 398 g/mol. The average Bonchev–Trinajstić information content (AvgIpc) is 2.83. The number of methoxy groups -OCH3 is 1. The van der Waals surface area contributed by atoms with Crippen LogP contribution in [0.3, 0.4) is 0 Å². The highest BCUT2D eigenvalue weighted by Crippen LogP contribution is 2.30. The van der Waals surface area contributed by atoms with Crippen molar-refractivity contribution < 1.29 is 19.1 Å². The molecule has 0 saturated heterocycles. The third-order valence-corrected chi connectivity index (χ3v) is 4.34. The number of carbonyl (C=O) groups excluding carboxylic acids is 2. The topological polar surface area (TPSA) is 64.6 Å². The van der Waals surface area contributed by atoms with Crippen LogP contribution in [0.1, 0.15) is 22.8 Å². The van der Waals surface area contributed by atoms with Gasteiger partial charge in [-0.05, 0) is 55.5 Å². The van der Waals surface area contributed by atoms with E-state index in [1.54, 1.807) is 30.4 Å². The number of ketones is 1. The van der Waals surface area contributed by atoms with Crippen LogP contribution in [0.5, 0.6) is 11.5 Å². The molecule has 0 fully saturated rings. The van der Waals surface area contributed by atoms with E-state index in [9.17, 15) is 9.59 Å². The van der Waals surface area contributed by atoms with E-state index in [-0.39, 0.29) is 11.7 Å². The highest BCUT2D eigenvalue weighted by molar-refractivity contribution is 9.10. The molecule has 1 aliphatic heterocycles.